The summed E-state index contributed by atoms with van der Waals surface area (Å²) in [5.74, 6) is 0.399. The molecule has 2 rings (SSSR count). The molecule has 6 heteroatoms. The molecule has 1 amide bonds. The van der Waals surface area contributed by atoms with E-state index in [1.165, 1.54) is 4.68 Å². The minimum atomic E-state index is -0.165. The minimum absolute atomic E-state index is 0.165. The maximum Gasteiger partial charge on any atom is 0.271 e. The van der Waals surface area contributed by atoms with Gasteiger partial charge in [0.2, 0.25) is 0 Å². The first kappa shape index (κ1) is 13.4. The summed E-state index contributed by atoms with van der Waals surface area (Å²) in [4.78, 5) is 12.0. The summed E-state index contributed by atoms with van der Waals surface area (Å²) in [7, 11) is 1.72. The highest BCUT2D eigenvalue weighted by atomic mass is 35.5. The number of aryl methyl sites for hydroxylation is 2. The van der Waals surface area contributed by atoms with Gasteiger partial charge >= 0.3 is 0 Å². The molecule has 1 fully saturated rings. The first-order valence-electron chi connectivity index (χ1n) is 6.14. The molecule has 2 heterocycles. The number of nitrogens with one attached hydrogen (secondary N) is 1. The Morgan fingerprint density at radius 3 is 3.00 bits per heavy atom. The van der Waals surface area contributed by atoms with E-state index in [9.17, 15) is 4.79 Å². The second-order valence-electron chi connectivity index (χ2n) is 4.65. The molecule has 0 radical (unpaired) electrons. The van der Waals surface area contributed by atoms with Gasteiger partial charge in [-0.05, 0) is 25.7 Å². The first-order chi connectivity index (χ1) is 8.59. The third-order valence-electron chi connectivity index (χ3n) is 3.23. The molecule has 1 aromatic heterocycles. The Bertz CT molecular complexity index is 439. The highest BCUT2D eigenvalue weighted by molar-refractivity contribution is 6.34. The average Bonchev–Trinajstić information content (AvgIpc) is 2.89. The molecule has 1 saturated heterocycles. The van der Waals surface area contributed by atoms with E-state index in [2.05, 4.69) is 10.4 Å². The zero-order valence-corrected chi connectivity index (χ0v) is 11.5. The Morgan fingerprint density at radius 1 is 1.67 bits per heavy atom. The van der Waals surface area contributed by atoms with Crippen LogP contribution >= 0.6 is 11.6 Å². The van der Waals surface area contributed by atoms with Crippen LogP contribution in [0.25, 0.3) is 0 Å². The number of aromatic nitrogens is 2. The van der Waals surface area contributed by atoms with Crippen molar-refractivity contribution < 1.29 is 9.53 Å². The summed E-state index contributed by atoms with van der Waals surface area (Å²) in [6, 6.07) is 0. The lowest BCUT2D eigenvalue weighted by Crippen LogP contribution is -2.28. The number of ether oxygens (including phenoxy) is 1. The lowest BCUT2D eigenvalue weighted by Gasteiger charge is -2.09. The molecule has 0 unspecified atom stereocenters. The lowest BCUT2D eigenvalue weighted by molar-refractivity contribution is 0.0941. The van der Waals surface area contributed by atoms with Gasteiger partial charge in [-0.2, -0.15) is 5.10 Å². The van der Waals surface area contributed by atoms with Crippen LogP contribution in [0.1, 0.15) is 29.0 Å². The van der Waals surface area contributed by atoms with E-state index in [1.54, 1.807) is 14.0 Å². The largest absolute Gasteiger partial charge is 0.381 e. The highest BCUT2D eigenvalue weighted by Crippen LogP contribution is 2.19. The number of rotatable bonds is 4. The van der Waals surface area contributed by atoms with Gasteiger partial charge in [0, 0.05) is 26.8 Å². The number of carbonyl (C=O) groups is 1. The van der Waals surface area contributed by atoms with E-state index in [-0.39, 0.29) is 5.91 Å². The topological polar surface area (TPSA) is 56.2 Å². The molecule has 0 saturated carbocycles. The van der Waals surface area contributed by atoms with E-state index in [1.807, 2.05) is 0 Å². The molecular weight excluding hydrogens is 254 g/mol. The highest BCUT2D eigenvalue weighted by Gasteiger charge is 2.19. The summed E-state index contributed by atoms with van der Waals surface area (Å²) < 4.78 is 6.81. The number of nitrogens with zero attached hydrogens (tertiary/aromatic N) is 2. The molecule has 1 N–H and O–H groups in total. The Morgan fingerprint density at radius 2 is 2.44 bits per heavy atom. The zero-order chi connectivity index (χ0) is 13.1. The molecule has 1 aromatic rings. The normalized spacial score (nSPS) is 19.2. The van der Waals surface area contributed by atoms with Crippen molar-refractivity contribution in [2.45, 2.75) is 19.8 Å². The second-order valence-corrected chi connectivity index (χ2v) is 5.02. The third kappa shape index (κ3) is 2.84. The van der Waals surface area contributed by atoms with Gasteiger partial charge in [0.05, 0.1) is 10.7 Å². The fourth-order valence-corrected chi connectivity index (χ4v) is 2.41. The molecule has 5 nitrogen and oxygen atoms in total. The molecule has 0 aromatic carbocycles. The van der Waals surface area contributed by atoms with Gasteiger partial charge < -0.3 is 10.1 Å². The summed E-state index contributed by atoms with van der Waals surface area (Å²) in [5.41, 5.74) is 1.10. The van der Waals surface area contributed by atoms with Gasteiger partial charge in [-0.3, -0.25) is 9.48 Å². The van der Waals surface area contributed by atoms with Crippen LogP contribution in [0, 0.1) is 12.8 Å². The molecule has 0 aliphatic carbocycles. The molecule has 100 valence electrons. The van der Waals surface area contributed by atoms with Crippen molar-refractivity contribution >= 4 is 17.5 Å². The van der Waals surface area contributed by atoms with Gasteiger partial charge in [0.15, 0.2) is 0 Å². The molecule has 0 bridgehead atoms. The predicted molar refractivity (Wildman–Crippen MR) is 68.8 cm³/mol. The van der Waals surface area contributed by atoms with Crippen LogP contribution in [0.5, 0.6) is 0 Å². The fraction of sp³-hybridized carbons (Fsp3) is 0.667. The van der Waals surface area contributed by atoms with Crippen LogP contribution in [0.3, 0.4) is 0 Å². The van der Waals surface area contributed by atoms with Crippen molar-refractivity contribution in [3.05, 3.63) is 16.4 Å². The minimum Gasteiger partial charge on any atom is -0.381 e. The number of hydrogen-bond donors (Lipinski definition) is 1. The average molecular weight is 272 g/mol. The van der Waals surface area contributed by atoms with Crippen molar-refractivity contribution in [2.24, 2.45) is 13.0 Å². The number of amides is 1. The van der Waals surface area contributed by atoms with Gasteiger partial charge in [0.1, 0.15) is 5.69 Å². The van der Waals surface area contributed by atoms with E-state index in [0.717, 1.165) is 26.1 Å². The summed E-state index contributed by atoms with van der Waals surface area (Å²) >= 11 is 6.05. The Balaban J connectivity index is 1.87. The standard InChI is InChI=1S/C12H18ClN3O2/c1-8-10(13)11(16(2)15-8)12(17)14-5-3-9-4-6-18-7-9/h9H,3-7H2,1-2H3,(H,14,17)/t9-/m0/s1. The van der Waals surface area contributed by atoms with Crippen LogP contribution in [0.4, 0.5) is 0 Å². The Labute approximate surface area is 111 Å². The Hall–Kier alpha value is -1.07. The number of carbonyl (C=O) groups excluding carboxylic acids is 1. The quantitative estimate of drug-likeness (QED) is 0.904. The smallest absolute Gasteiger partial charge is 0.271 e. The maximum absolute atomic E-state index is 12.0. The lowest BCUT2D eigenvalue weighted by atomic mass is 10.1. The van der Waals surface area contributed by atoms with Crippen LogP contribution < -0.4 is 5.32 Å². The maximum atomic E-state index is 12.0. The molecular formula is C12H18ClN3O2. The van der Waals surface area contributed by atoms with Crippen molar-refractivity contribution in [1.82, 2.24) is 15.1 Å². The van der Waals surface area contributed by atoms with E-state index < -0.39 is 0 Å². The Kier molecular flexibility index (Phi) is 4.24. The van der Waals surface area contributed by atoms with Crippen molar-refractivity contribution in [2.75, 3.05) is 19.8 Å². The van der Waals surface area contributed by atoms with E-state index in [4.69, 9.17) is 16.3 Å². The van der Waals surface area contributed by atoms with E-state index in [0.29, 0.717) is 28.9 Å². The fourth-order valence-electron chi connectivity index (χ4n) is 2.16. The summed E-state index contributed by atoms with van der Waals surface area (Å²) in [6.45, 7) is 4.08. The monoisotopic (exact) mass is 271 g/mol. The van der Waals surface area contributed by atoms with Gasteiger partial charge in [-0.25, -0.2) is 0 Å². The van der Waals surface area contributed by atoms with Crippen LogP contribution in [-0.2, 0) is 11.8 Å². The predicted octanol–water partition coefficient (Wildman–Crippen LogP) is 1.54. The van der Waals surface area contributed by atoms with Crippen LogP contribution in [0.2, 0.25) is 5.02 Å². The van der Waals surface area contributed by atoms with Crippen molar-refractivity contribution in [3.63, 3.8) is 0 Å². The van der Waals surface area contributed by atoms with Crippen molar-refractivity contribution in [1.29, 1.82) is 0 Å². The molecule has 0 spiro atoms. The van der Waals surface area contributed by atoms with Gasteiger partial charge in [-0.1, -0.05) is 11.6 Å². The van der Waals surface area contributed by atoms with Crippen molar-refractivity contribution in [3.8, 4) is 0 Å². The molecule has 1 aliphatic rings. The molecule has 1 aliphatic heterocycles. The van der Waals surface area contributed by atoms with Gasteiger partial charge in [0.25, 0.3) is 5.91 Å². The molecule has 18 heavy (non-hydrogen) atoms. The molecule has 1 atom stereocenters. The van der Waals surface area contributed by atoms with E-state index >= 15 is 0 Å². The zero-order valence-electron chi connectivity index (χ0n) is 10.7. The number of halogens is 1. The van der Waals surface area contributed by atoms with Gasteiger partial charge in [-0.15, -0.1) is 0 Å². The SMILES string of the molecule is Cc1nn(C)c(C(=O)NCC[C@H]2CCOC2)c1Cl. The number of hydrogen-bond acceptors (Lipinski definition) is 3. The first-order valence-corrected chi connectivity index (χ1v) is 6.52. The second kappa shape index (κ2) is 5.71. The summed E-state index contributed by atoms with van der Waals surface area (Å²) in [6.07, 6.45) is 2.03. The third-order valence-corrected chi connectivity index (χ3v) is 3.68. The van der Waals surface area contributed by atoms with Crippen LogP contribution in [-0.4, -0.2) is 35.4 Å². The summed E-state index contributed by atoms with van der Waals surface area (Å²) in [5, 5.41) is 7.43. The van der Waals surface area contributed by atoms with Crippen LogP contribution in [0.15, 0.2) is 0 Å².